The predicted molar refractivity (Wildman–Crippen MR) is 33.8 cm³/mol. The van der Waals surface area contributed by atoms with E-state index >= 15 is 0 Å². The monoisotopic (exact) mass is 198 g/mol. The summed E-state index contributed by atoms with van der Waals surface area (Å²) in [4.78, 5) is 0. The minimum absolute atomic E-state index is 0.227. The van der Waals surface area contributed by atoms with Gasteiger partial charge in [-0.15, -0.1) is 0 Å². The topological polar surface area (TPSA) is 31.6 Å². The third-order valence-electron chi connectivity index (χ3n) is 0.452. The van der Waals surface area contributed by atoms with Crippen LogP contribution in [0.4, 0.5) is 0 Å². The van der Waals surface area contributed by atoms with Crippen molar-refractivity contribution < 1.29 is 0 Å². The molecule has 0 spiro atoms. The second-order valence-electron chi connectivity index (χ2n) is 0.927. The van der Waals surface area contributed by atoms with E-state index in [0.717, 1.165) is 7.03 Å². The summed E-state index contributed by atoms with van der Waals surface area (Å²) < 4.78 is 1.69. The zero-order chi connectivity index (χ0) is 5.28. The molecule has 0 amide bonds. The summed E-state index contributed by atoms with van der Waals surface area (Å²) in [5.41, 5.74) is 0. The summed E-state index contributed by atoms with van der Waals surface area (Å²) in [6.07, 6.45) is 0. The first-order valence-electron chi connectivity index (χ1n) is 1.57. The molecule has 0 radical (unpaired) electrons. The molecule has 1 aromatic rings. The van der Waals surface area contributed by atoms with Gasteiger partial charge in [-0.1, -0.05) is 0 Å². The fourth-order valence-corrected chi connectivity index (χ4v) is 2.26. The van der Waals surface area contributed by atoms with Crippen molar-refractivity contribution in [3.63, 3.8) is 0 Å². The first kappa shape index (κ1) is 5.44. The van der Waals surface area contributed by atoms with Crippen LogP contribution in [0, 0.1) is 7.03 Å². The fourth-order valence-electron chi connectivity index (χ4n) is 0.237. The van der Waals surface area contributed by atoms with Crippen molar-refractivity contribution in [2.75, 3.05) is 0 Å². The van der Waals surface area contributed by atoms with E-state index in [4.69, 9.17) is 24.4 Å². The number of H-pyrrole nitrogens is 2. The van der Waals surface area contributed by atoms with Crippen LogP contribution in [-0.4, -0.2) is 24.7 Å². The van der Waals surface area contributed by atoms with Gasteiger partial charge in [-0.2, -0.15) is 0 Å². The maximum absolute atomic E-state index is 4.76. The Hall–Kier alpha value is 0.299. The molecule has 1 rings (SSSR count). The average Bonchev–Trinajstić information content (AvgIpc) is 1.87. The quantitative estimate of drug-likeness (QED) is 0.477. The Bertz CT molecular complexity index is 218. The van der Waals surface area contributed by atoms with E-state index in [-0.39, 0.29) is 14.5 Å². The average molecular weight is 197 g/mol. The van der Waals surface area contributed by atoms with Crippen LogP contribution in [0.2, 0.25) is 0 Å². The molecular weight excluding hydrogens is 195 g/mol. The van der Waals surface area contributed by atoms with Crippen LogP contribution >= 0.6 is 24.4 Å². The Morgan fingerprint density at radius 3 is 1.71 bits per heavy atom. The van der Waals surface area contributed by atoms with Crippen LogP contribution in [-0.2, 0) is 0 Å². The summed E-state index contributed by atoms with van der Waals surface area (Å²) in [7, 11) is 0. The van der Waals surface area contributed by atoms with E-state index in [1.165, 1.54) is 0 Å². The maximum atomic E-state index is 4.76. The van der Waals surface area contributed by atoms with Gasteiger partial charge in [0, 0.05) is 0 Å². The van der Waals surface area contributed by atoms with E-state index in [2.05, 4.69) is 10.2 Å². The summed E-state index contributed by atoms with van der Waals surface area (Å²) in [6, 6.07) is 0. The van der Waals surface area contributed by atoms with Crippen molar-refractivity contribution in [3.8, 4) is 0 Å². The van der Waals surface area contributed by atoms with Gasteiger partial charge in [0.1, 0.15) is 0 Å². The molecule has 0 bridgehead atoms. The van der Waals surface area contributed by atoms with E-state index in [1.807, 2.05) is 0 Å². The SMILES string of the molecule is S=c1[nH][nH]c(=S)[se]1. The molecule has 0 fully saturated rings. The molecule has 2 N–H and O–H groups in total. The van der Waals surface area contributed by atoms with E-state index < -0.39 is 0 Å². The molecule has 38 valence electrons. The molecule has 1 heterocycles. The summed E-state index contributed by atoms with van der Waals surface area (Å²) in [5, 5.41) is 5.47. The van der Waals surface area contributed by atoms with Crippen molar-refractivity contribution in [1.82, 2.24) is 10.2 Å². The standard InChI is InChI=1S/C2H2N2S2Se/c5-1-3-4-2(6)7-1/h(H,3,5)(H,4,6). The van der Waals surface area contributed by atoms with Crippen LogP contribution in [0.1, 0.15) is 0 Å². The Kier molecular flexibility index (Phi) is 1.59. The van der Waals surface area contributed by atoms with Gasteiger partial charge in [0.05, 0.1) is 0 Å². The molecule has 7 heavy (non-hydrogen) atoms. The second-order valence-corrected chi connectivity index (χ2v) is 5.05. The van der Waals surface area contributed by atoms with Gasteiger partial charge in [0.2, 0.25) is 0 Å². The van der Waals surface area contributed by atoms with E-state index in [1.54, 1.807) is 0 Å². The molecule has 0 aliphatic heterocycles. The molecule has 0 saturated heterocycles. The third kappa shape index (κ3) is 1.35. The fraction of sp³-hybridized carbons (Fsp3) is 0. The van der Waals surface area contributed by atoms with Gasteiger partial charge in [-0.05, 0) is 0 Å². The predicted octanol–water partition coefficient (Wildman–Crippen LogP) is 0.859. The molecule has 0 aromatic carbocycles. The van der Waals surface area contributed by atoms with Crippen molar-refractivity contribution in [3.05, 3.63) is 7.03 Å². The van der Waals surface area contributed by atoms with Crippen molar-refractivity contribution >= 4 is 38.9 Å². The molecule has 0 aliphatic carbocycles. The minimum atomic E-state index is 0.227. The van der Waals surface area contributed by atoms with Crippen molar-refractivity contribution in [1.29, 1.82) is 0 Å². The second kappa shape index (κ2) is 2.05. The Morgan fingerprint density at radius 1 is 1.14 bits per heavy atom. The molecule has 1 aromatic heterocycles. The molecule has 2 nitrogen and oxygen atoms in total. The third-order valence-corrected chi connectivity index (χ3v) is 2.73. The molecule has 5 heteroatoms. The first-order chi connectivity index (χ1) is 3.29. The molecule has 0 aliphatic rings. The van der Waals surface area contributed by atoms with Crippen LogP contribution in [0.15, 0.2) is 0 Å². The molecule has 0 atom stereocenters. The van der Waals surface area contributed by atoms with Crippen molar-refractivity contribution in [2.24, 2.45) is 0 Å². The van der Waals surface area contributed by atoms with Crippen LogP contribution < -0.4 is 0 Å². The summed E-state index contributed by atoms with van der Waals surface area (Å²) in [5.74, 6) is 0. The number of aromatic amines is 2. The molecule has 0 unspecified atom stereocenters. The van der Waals surface area contributed by atoms with Gasteiger partial charge in [0.15, 0.2) is 0 Å². The van der Waals surface area contributed by atoms with Crippen molar-refractivity contribution in [2.45, 2.75) is 0 Å². The number of hydrogen-bond acceptors (Lipinski definition) is 2. The zero-order valence-electron chi connectivity index (χ0n) is 3.22. The number of aromatic nitrogens is 2. The normalized spacial score (nSPS) is 9.14. The van der Waals surface area contributed by atoms with E-state index in [0.29, 0.717) is 0 Å². The molecular formula is C2H2N2S2Se. The van der Waals surface area contributed by atoms with Gasteiger partial charge in [-0.3, -0.25) is 0 Å². The summed E-state index contributed by atoms with van der Waals surface area (Å²) >= 11 is 9.75. The van der Waals surface area contributed by atoms with E-state index in [9.17, 15) is 0 Å². The Balaban J connectivity index is 3.59. The Labute approximate surface area is 56.3 Å². The number of nitrogens with one attached hydrogen (secondary N) is 2. The van der Waals surface area contributed by atoms with Gasteiger partial charge in [0.25, 0.3) is 0 Å². The van der Waals surface area contributed by atoms with Crippen LogP contribution in [0.3, 0.4) is 0 Å². The van der Waals surface area contributed by atoms with Gasteiger partial charge >= 0.3 is 56.2 Å². The molecule has 0 saturated carbocycles. The zero-order valence-corrected chi connectivity index (χ0v) is 6.57. The van der Waals surface area contributed by atoms with Gasteiger partial charge < -0.3 is 0 Å². The van der Waals surface area contributed by atoms with Crippen LogP contribution in [0.25, 0.3) is 0 Å². The van der Waals surface area contributed by atoms with Crippen LogP contribution in [0.5, 0.6) is 0 Å². The summed E-state index contributed by atoms with van der Waals surface area (Å²) in [6.45, 7) is 0. The number of hydrogen-bond donors (Lipinski definition) is 2. The first-order valence-corrected chi connectivity index (χ1v) is 4.10. The number of rotatable bonds is 0. The Morgan fingerprint density at radius 2 is 1.57 bits per heavy atom. The van der Waals surface area contributed by atoms with Gasteiger partial charge in [-0.25, -0.2) is 0 Å².